The molecule has 6 nitrogen and oxygen atoms in total. The topological polar surface area (TPSA) is 70.6 Å². The van der Waals surface area contributed by atoms with Crippen molar-refractivity contribution in [2.75, 3.05) is 37.3 Å². The van der Waals surface area contributed by atoms with Gasteiger partial charge in [-0.1, -0.05) is 51.2 Å². The number of thiazole rings is 1. The van der Waals surface area contributed by atoms with Crippen LogP contribution in [0.4, 0.5) is 5.13 Å². The molecular weight excluding hydrogens is 510 g/mol. The molecule has 0 fully saturated rings. The third-order valence-corrected chi connectivity index (χ3v) is 8.40. The van der Waals surface area contributed by atoms with Gasteiger partial charge in [0, 0.05) is 35.1 Å². The zero-order valence-corrected chi connectivity index (χ0v) is 23.4. The Morgan fingerprint density at radius 1 is 1.09 bits per heavy atom. The Balaban J connectivity index is 0.00000408. The van der Waals surface area contributed by atoms with E-state index in [-0.39, 0.29) is 23.2 Å². The van der Waals surface area contributed by atoms with Crippen LogP contribution in [-0.2, 0) is 9.84 Å². The molecule has 34 heavy (non-hydrogen) atoms. The van der Waals surface area contributed by atoms with Crippen LogP contribution in [0, 0.1) is 0 Å². The lowest BCUT2D eigenvalue weighted by molar-refractivity contribution is 0.0983. The van der Waals surface area contributed by atoms with Crippen molar-refractivity contribution in [3.8, 4) is 0 Å². The number of para-hydroxylation sites is 1. The van der Waals surface area contributed by atoms with Crippen molar-refractivity contribution in [1.82, 2.24) is 9.88 Å². The van der Waals surface area contributed by atoms with Gasteiger partial charge in [-0.2, -0.15) is 0 Å². The number of likely N-dealkylation sites (N-methyl/N-ethyl adjacent to an activating group) is 1. The van der Waals surface area contributed by atoms with E-state index in [2.05, 4.69) is 37.6 Å². The van der Waals surface area contributed by atoms with Gasteiger partial charge in [-0.15, -0.1) is 24.2 Å². The fourth-order valence-corrected chi connectivity index (χ4v) is 6.33. The second kappa shape index (κ2) is 12.4. The van der Waals surface area contributed by atoms with Crippen molar-refractivity contribution in [3.05, 3.63) is 48.0 Å². The molecule has 0 unspecified atom stereocenters. The van der Waals surface area contributed by atoms with Crippen molar-refractivity contribution < 1.29 is 13.2 Å². The van der Waals surface area contributed by atoms with Gasteiger partial charge >= 0.3 is 0 Å². The number of rotatable bonds is 10. The van der Waals surface area contributed by atoms with Gasteiger partial charge in [-0.25, -0.2) is 13.4 Å². The summed E-state index contributed by atoms with van der Waals surface area (Å²) in [4.78, 5) is 23.5. The average Bonchev–Trinajstić information content (AvgIpc) is 3.19. The summed E-state index contributed by atoms with van der Waals surface area (Å²) in [6, 6.07) is 12.8. The molecular formula is C24H32ClN3O3S3. The summed E-state index contributed by atoms with van der Waals surface area (Å²) >= 11 is 3.06. The van der Waals surface area contributed by atoms with Crippen LogP contribution in [0.3, 0.4) is 0 Å². The molecule has 0 saturated heterocycles. The Bertz CT molecular complexity index is 1220. The maximum Gasteiger partial charge on any atom is 0.260 e. The maximum absolute atomic E-state index is 13.7. The SMILES string of the molecule is CCN(CC)CCN(C(=O)c1cccc(SC(C)C)c1)c1nc2c(S(C)(=O)=O)cccc2s1.Cl. The number of thioether (sulfide) groups is 1. The van der Waals surface area contributed by atoms with Crippen molar-refractivity contribution >= 4 is 66.6 Å². The molecule has 10 heteroatoms. The minimum atomic E-state index is -3.44. The number of hydrogen-bond donors (Lipinski definition) is 0. The smallest absolute Gasteiger partial charge is 0.260 e. The molecule has 3 rings (SSSR count). The molecule has 0 N–H and O–H groups in total. The molecule has 0 spiro atoms. The predicted octanol–water partition coefficient (Wildman–Crippen LogP) is 5.61. The molecule has 0 atom stereocenters. The third kappa shape index (κ3) is 6.95. The monoisotopic (exact) mass is 541 g/mol. The lowest BCUT2D eigenvalue weighted by atomic mass is 10.2. The number of nitrogens with zero attached hydrogens (tertiary/aromatic N) is 3. The summed E-state index contributed by atoms with van der Waals surface area (Å²) in [7, 11) is -3.44. The van der Waals surface area contributed by atoms with Gasteiger partial charge in [-0.3, -0.25) is 9.69 Å². The van der Waals surface area contributed by atoms with Crippen LogP contribution in [0.1, 0.15) is 38.1 Å². The molecule has 0 radical (unpaired) electrons. The second-order valence-corrected chi connectivity index (χ2v) is 12.7. The largest absolute Gasteiger partial charge is 0.302 e. The van der Waals surface area contributed by atoms with E-state index < -0.39 is 9.84 Å². The summed E-state index contributed by atoms with van der Waals surface area (Å²) in [5.74, 6) is -0.131. The number of benzene rings is 2. The van der Waals surface area contributed by atoms with Crippen LogP contribution in [0.5, 0.6) is 0 Å². The summed E-state index contributed by atoms with van der Waals surface area (Å²) in [5, 5.41) is 0.924. The first-order valence-corrected chi connectivity index (χ1v) is 14.6. The van der Waals surface area contributed by atoms with Crippen molar-refractivity contribution in [3.63, 3.8) is 0 Å². The molecule has 1 aromatic heterocycles. The van der Waals surface area contributed by atoms with Gasteiger partial charge in [0.2, 0.25) is 0 Å². The minimum Gasteiger partial charge on any atom is -0.302 e. The van der Waals surface area contributed by atoms with Crippen LogP contribution in [0.2, 0.25) is 0 Å². The van der Waals surface area contributed by atoms with Gasteiger partial charge in [0.25, 0.3) is 5.91 Å². The van der Waals surface area contributed by atoms with E-state index in [4.69, 9.17) is 0 Å². The standard InChI is InChI=1S/C24H31N3O3S3.ClH/c1-6-26(7-2)14-15-27(23(28)18-10-8-11-19(16-18)31-17(3)4)24-25-22-20(32-24)12-9-13-21(22)33(5,29)30;/h8-13,16-17H,6-7,14-15H2,1-5H3;1H. The third-order valence-electron chi connectivity index (χ3n) is 5.23. The number of aromatic nitrogens is 1. The molecule has 0 aliphatic heterocycles. The van der Waals surface area contributed by atoms with Gasteiger partial charge in [0.05, 0.1) is 9.60 Å². The molecule has 1 amide bonds. The van der Waals surface area contributed by atoms with Crippen LogP contribution in [0.25, 0.3) is 10.2 Å². The van der Waals surface area contributed by atoms with E-state index in [1.807, 2.05) is 30.3 Å². The van der Waals surface area contributed by atoms with Crippen molar-refractivity contribution in [1.29, 1.82) is 0 Å². The Labute approximate surface area is 217 Å². The quantitative estimate of drug-likeness (QED) is 0.311. The second-order valence-electron chi connectivity index (χ2n) is 8.05. The predicted molar refractivity (Wildman–Crippen MR) is 147 cm³/mol. The fraction of sp³-hybridized carbons (Fsp3) is 0.417. The Hall–Kier alpha value is -1.65. The highest BCUT2D eigenvalue weighted by atomic mass is 35.5. The molecule has 0 aliphatic rings. The van der Waals surface area contributed by atoms with Gasteiger partial charge in [0.1, 0.15) is 5.52 Å². The van der Waals surface area contributed by atoms with E-state index in [1.54, 1.807) is 28.8 Å². The lowest BCUT2D eigenvalue weighted by Crippen LogP contribution is -2.38. The normalized spacial score (nSPS) is 11.7. The molecule has 0 bridgehead atoms. The number of carbonyl (C=O) groups is 1. The number of sulfone groups is 1. The minimum absolute atomic E-state index is 0. The first-order chi connectivity index (χ1) is 15.6. The van der Waals surface area contributed by atoms with Crippen molar-refractivity contribution in [2.24, 2.45) is 0 Å². The molecule has 3 aromatic rings. The lowest BCUT2D eigenvalue weighted by Gasteiger charge is -2.25. The number of hydrogen-bond acceptors (Lipinski definition) is 7. The highest BCUT2D eigenvalue weighted by molar-refractivity contribution is 7.99. The Morgan fingerprint density at radius 3 is 2.38 bits per heavy atom. The highest BCUT2D eigenvalue weighted by Gasteiger charge is 2.24. The van der Waals surface area contributed by atoms with Crippen LogP contribution < -0.4 is 4.90 Å². The zero-order chi connectivity index (χ0) is 24.2. The highest BCUT2D eigenvalue weighted by Crippen LogP contribution is 2.33. The van der Waals surface area contributed by atoms with E-state index >= 15 is 0 Å². The number of fused-ring (bicyclic) bond motifs is 1. The van der Waals surface area contributed by atoms with Gasteiger partial charge in [-0.05, 0) is 43.4 Å². The van der Waals surface area contributed by atoms with Crippen LogP contribution in [0.15, 0.2) is 52.3 Å². The molecule has 0 saturated carbocycles. The summed E-state index contributed by atoms with van der Waals surface area (Å²) < 4.78 is 25.3. The van der Waals surface area contributed by atoms with Gasteiger partial charge < -0.3 is 4.90 Å². The molecule has 0 aliphatic carbocycles. The van der Waals surface area contributed by atoms with Gasteiger partial charge in [0.15, 0.2) is 15.0 Å². The zero-order valence-electron chi connectivity index (χ0n) is 20.1. The first-order valence-electron chi connectivity index (χ1n) is 11.0. The average molecular weight is 542 g/mol. The Morgan fingerprint density at radius 2 is 1.76 bits per heavy atom. The number of amides is 1. The van der Waals surface area contributed by atoms with E-state index in [9.17, 15) is 13.2 Å². The summed E-state index contributed by atoms with van der Waals surface area (Å²) in [6.45, 7) is 11.4. The number of halogens is 1. The molecule has 1 heterocycles. The van der Waals surface area contributed by atoms with Crippen LogP contribution >= 0.6 is 35.5 Å². The molecule has 186 valence electrons. The number of carbonyl (C=O) groups excluding carboxylic acids is 1. The fourth-order valence-electron chi connectivity index (χ4n) is 3.52. The summed E-state index contributed by atoms with van der Waals surface area (Å²) in [6.07, 6.45) is 1.18. The van der Waals surface area contributed by atoms with E-state index in [0.717, 1.165) is 22.7 Å². The maximum atomic E-state index is 13.7. The Kier molecular flexibility index (Phi) is 10.4. The van der Waals surface area contributed by atoms with Crippen molar-refractivity contribution in [2.45, 2.75) is 42.7 Å². The first kappa shape index (κ1) is 28.6. The summed E-state index contributed by atoms with van der Waals surface area (Å²) in [5.41, 5.74) is 1.02. The van der Waals surface area contributed by atoms with E-state index in [0.29, 0.717) is 34.6 Å². The molecule has 2 aromatic carbocycles. The number of anilines is 1. The van der Waals surface area contributed by atoms with Crippen LogP contribution in [-0.4, -0.2) is 61.9 Å². The van der Waals surface area contributed by atoms with E-state index in [1.165, 1.54) is 17.6 Å².